The summed E-state index contributed by atoms with van der Waals surface area (Å²) >= 11 is 0. The Labute approximate surface area is 368 Å². The van der Waals surface area contributed by atoms with Crippen LogP contribution in [0.15, 0.2) is 65.1 Å². The summed E-state index contributed by atoms with van der Waals surface area (Å²) in [6.07, 6.45) is 0. The molecule has 0 radical (unpaired) electrons. The number of rotatable bonds is 18. The molecular formula is C46H63N8O9+. The summed E-state index contributed by atoms with van der Waals surface area (Å²) in [5, 5.41) is 36.3. The topological polar surface area (TPSA) is 202 Å². The van der Waals surface area contributed by atoms with Crippen LogP contribution in [-0.2, 0) is 19.2 Å². The van der Waals surface area contributed by atoms with Gasteiger partial charge in [-0.25, -0.2) is 4.58 Å². The van der Waals surface area contributed by atoms with Crippen molar-refractivity contribution in [2.45, 2.75) is 27.7 Å². The monoisotopic (exact) mass is 871 g/mol. The van der Waals surface area contributed by atoms with Gasteiger partial charge in [-0.1, -0.05) is 18.2 Å². The van der Waals surface area contributed by atoms with Crippen LogP contribution in [0.25, 0.3) is 33.4 Å². The van der Waals surface area contributed by atoms with Crippen LogP contribution < -0.4 is 25.5 Å². The zero-order chi connectivity index (χ0) is 45.5. The first-order chi connectivity index (χ1) is 30.3. The number of carbonyl (C=O) groups is 5. The summed E-state index contributed by atoms with van der Waals surface area (Å²) in [6, 6.07) is 19.9. The molecule has 0 aromatic heterocycles. The molecule has 17 heteroatoms. The zero-order valence-corrected chi connectivity index (χ0v) is 37.0. The highest BCUT2D eigenvalue weighted by Crippen LogP contribution is 2.42. The van der Waals surface area contributed by atoms with E-state index in [1.54, 1.807) is 20.8 Å². The van der Waals surface area contributed by atoms with Crippen molar-refractivity contribution in [2.75, 3.05) is 123 Å². The molecule has 0 saturated carbocycles. The molecule has 63 heavy (non-hydrogen) atoms. The Bertz CT molecular complexity index is 2220. The molecular weight excluding hydrogens is 809 g/mol. The molecule has 3 aliphatic rings. The van der Waals surface area contributed by atoms with Crippen molar-refractivity contribution in [1.82, 2.24) is 34.8 Å². The van der Waals surface area contributed by atoms with Crippen molar-refractivity contribution in [1.29, 1.82) is 0 Å². The number of carboxylic acids is 3. The van der Waals surface area contributed by atoms with Crippen molar-refractivity contribution in [3.63, 3.8) is 0 Å². The largest absolute Gasteiger partial charge is 0.480 e. The number of carboxylic acid groups (broad SMARTS) is 3. The molecule has 2 aliphatic heterocycles. The lowest BCUT2D eigenvalue weighted by atomic mass is 9.90. The highest BCUT2D eigenvalue weighted by molar-refractivity contribution is 6.09. The molecule has 17 nitrogen and oxygen atoms in total. The van der Waals surface area contributed by atoms with Gasteiger partial charge in [0.2, 0.25) is 11.3 Å². The lowest BCUT2D eigenvalue weighted by Gasteiger charge is -2.32. The molecule has 0 unspecified atom stereocenters. The van der Waals surface area contributed by atoms with Gasteiger partial charge in [0.15, 0.2) is 0 Å². The van der Waals surface area contributed by atoms with E-state index in [-0.39, 0.29) is 77.3 Å². The number of aliphatic carboxylic acids is 3. The number of nitrogens with zero attached hydrogens (tertiary/aromatic N) is 6. The van der Waals surface area contributed by atoms with Crippen LogP contribution >= 0.6 is 0 Å². The minimum atomic E-state index is -1.03. The predicted octanol–water partition coefficient (Wildman–Crippen LogP) is 2.18. The quantitative estimate of drug-likeness (QED) is 0.0554. The number of hydrogen-bond donors (Lipinski definition) is 5. The Kier molecular flexibility index (Phi) is 18.0. The first kappa shape index (κ1) is 48.2. The minimum Gasteiger partial charge on any atom is -0.480 e. The first-order valence-electron chi connectivity index (χ1n) is 21.9. The highest BCUT2D eigenvalue weighted by Gasteiger charge is 2.24. The van der Waals surface area contributed by atoms with Crippen LogP contribution in [0.3, 0.4) is 0 Å². The summed E-state index contributed by atoms with van der Waals surface area (Å²) in [5.41, 5.74) is 4.73. The maximum Gasteiger partial charge on any atom is 0.317 e. The maximum atomic E-state index is 14.0. The number of anilines is 1. The second-order valence-corrected chi connectivity index (χ2v) is 15.6. The number of fused-ring (bicyclic) bond motifs is 2. The predicted molar refractivity (Wildman–Crippen MR) is 242 cm³/mol. The number of amides is 2. The van der Waals surface area contributed by atoms with Crippen molar-refractivity contribution in [3.8, 4) is 22.5 Å². The molecule has 1 aliphatic carbocycles. The third-order valence-corrected chi connectivity index (χ3v) is 11.5. The Morgan fingerprint density at radius 2 is 1.16 bits per heavy atom. The lowest BCUT2D eigenvalue weighted by Crippen LogP contribution is -2.50. The van der Waals surface area contributed by atoms with E-state index in [4.69, 9.17) is 4.42 Å². The van der Waals surface area contributed by atoms with Gasteiger partial charge in [-0.05, 0) is 57.5 Å². The van der Waals surface area contributed by atoms with E-state index in [2.05, 4.69) is 84.2 Å². The Morgan fingerprint density at radius 3 is 1.68 bits per heavy atom. The lowest BCUT2D eigenvalue weighted by molar-refractivity contribution is -0.140. The molecule has 1 fully saturated rings. The van der Waals surface area contributed by atoms with E-state index >= 15 is 0 Å². The number of benzene rings is 3. The Morgan fingerprint density at radius 1 is 0.635 bits per heavy atom. The average Bonchev–Trinajstić information content (AvgIpc) is 3.25. The van der Waals surface area contributed by atoms with Crippen LogP contribution in [0.1, 0.15) is 38.1 Å². The fraction of sp³-hybridized carbons (Fsp3) is 0.478. The summed E-state index contributed by atoms with van der Waals surface area (Å²) < 4.78 is 8.91. The fourth-order valence-electron chi connectivity index (χ4n) is 8.14. The SMILES string of the molecule is CCN(CC)c1ccc2c(-c3ccccc3C(=O)NCCNC(=O)CN3CCN(CC(=O)O)CCN(CC(=O)O)CCN(CC(=O)O)CC3)c3ccc(=[N+](CC)CC)cc-3oc2c1. The summed E-state index contributed by atoms with van der Waals surface area (Å²) in [4.78, 5) is 71.3. The van der Waals surface area contributed by atoms with Crippen molar-refractivity contribution < 1.29 is 43.7 Å². The zero-order valence-electron chi connectivity index (χ0n) is 37.0. The van der Waals surface area contributed by atoms with Gasteiger partial charge in [0.05, 0.1) is 32.2 Å². The smallest absolute Gasteiger partial charge is 0.317 e. The van der Waals surface area contributed by atoms with Gasteiger partial charge < -0.3 is 35.3 Å². The number of carbonyl (C=O) groups excluding carboxylic acids is 2. The second kappa shape index (κ2) is 23.5. The number of hydrogen-bond acceptors (Lipinski definition) is 11. The number of nitrogens with one attached hydrogen (secondary N) is 2. The van der Waals surface area contributed by atoms with Gasteiger partial charge in [0.25, 0.3) is 5.91 Å². The molecule has 2 amide bonds. The molecule has 1 saturated heterocycles. The van der Waals surface area contributed by atoms with Crippen LogP contribution in [0, 0.1) is 0 Å². The third kappa shape index (κ3) is 13.6. The highest BCUT2D eigenvalue weighted by atomic mass is 16.4. The minimum absolute atomic E-state index is 0.0328. The van der Waals surface area contributed by atoms with Gasteiger partial charge in [-0.2, -0.15) is 0 Å². The standard InChI is InChI=1S/C46H62N8O9/c1-5-53(6-2)33-13-15-37-39(27-33)63-40-28-34(54(7-3)8-4)14-16-38(40)45(37)35-11-9-10-12-36(35)46(62)48-18-17-47-41(55)29-49-19-21-50(30-42(56)57)23-25-52(32-44(60)61)26-24-51(22-20-49)31-43(58)59/h9-16,27-28H,5-8,17-26,29-32H2,1-4H3,(H4-,47,48,55,56,57,58,59,60,61,62)/p+1. The first-order valence-corrected chi connectivity index (χ1v) is 21.9. The van der Waals surface area contributed by atoms with Gasteiger partial charge in [-0.3, -0.25) is 43.6 Å². The molecule has 0 bridgehead atoms. The molecule has 5 rings (SSSR count). The average molecular weight is 872 g/mol. The van der Waals surface area contributed by atoms with E-state index in [9.17, 15) is 39.3 Å². The van der Waals surface area contributed by atoms with Crippen LogP contribution in [-0.4, -0.2) is 182 Å². The molecule has 2 heterocycles. The second-order valence-electron chi connectivity index (χ2n) is 15.6. The maximum absolute atomic E-state index is 14.0. The van der Waals surface area contributed by atoms with Crippen LogP contribution in [0.5, 0.6) is 0 Å². The Balaban J connectivity index is 1.31. The molecule has 0 atom stereocenters. The van der Waals surface area contributed by atoms with Crippen LogP contribution in [0.2, 0.25) is 0 Å². The van der Waals surface area contributed by atoms with E-state index in [1.165, 1.54) is 0 Å². The van der Waals surface area contributed by atoms with E-state index in [1.807, 2.05) is 23.1 Å². The fourth-order valence-corrected chi connectivity index (χ4v) is 8.14. The van der Waals surface area contributed by atoms with E-state index in [0.29, 0.717) is 43.1 Å². The van der Waals surface area contributed by atoms with E-state index in [0.717, 1.165) is 59.3 Å². The molecule has 2 aromatic rings. The van der Waals surface area contributed by atoms with Gasteiger partial charge in [0, 0.05) is 118 Å². The van der Waals surface area contributed by atoms with Crippen LogP contribution in [0.4, 0.5) is 5.69 Å². The van der Waals surface area contributed by atoms with E-state index < -0.39 is 17.9 Å². The third-order valence-electron chi connectivity index (χ3n) is 11.5. The molecule has 5 N–H and O–H groups in total. The van der Waals surface area contributed by atoms with Crippen molar-refractivity contribution >= 4 is 46.4 Å². The Hall–Kier alpha value is -5.88. The summed E-state index contributed by atoms with van der Waals surface area (Å²) in [6.45, 7) is 13.7. The van der Waals surface area contributed by atoms with Gasteiger partial charge in [0.1, 0.15) is 24.4 Å². The van der Waals surface area contributed by atoms with Crippen molar-refractivity contribution in [2.24, 2.45) is 0 Å². The van der Waals surface area contributed by atoms with Gasteiger partial charge in [-0.15, -0.1) is 0 Å². The molecule has 0 spiro atoms. The normalized spacial score (nSPS) is 15.0. The summed E-state index contributed by atoms with van der Waals surface area (Å²) in [5.74, 6) is -2.98. The molecule has 340 valence electrons. The van der Waals surface area contributed by atoms with Gasteiger partial charge >= 0.3 is 17.9 Å². The molecule has 2 aromatic carbocycles. The van der Waals surface area contributed by atoms with Crippen molar-refractivity contribution in [3.05, 3.63) is 71.6 Å². The summed E-state index contributed by atoms with van der Waals surface area (Å²) in [7, 11) is 0.